The number of para-hydroxylation sites is 5. The third kappa shape index (κ3) is 3.44. The van der Waals surface area contributed by atoms with Gasteiger partial charge in [-0.25, -0.2) is 0 Å². The molecular formula is C51H34N4. The van der Waals surface area contributed by atoms with E-state index in [1.54, 1.807) is 0 Å². The lowest BCUT2D eigenvalue weighted by atomic mass is 9.87. The van der Waals surface area contributed by atoms with E-state index in [0.29, 0.717) is 5.92 Å². The number of hydrogen-bond acceptors (Lipinski definition) is 1. The Morgan fingerprint density at radius 2 is 1.18 bits per heavy atom. The average Bonchev–Trinajstić information content (AvgIpc) is 3.49. The molecule has 5 heterocycles. The highest BCUT2D eigenvalue weighted by Crippen LogP contribution is 2.59. The third-order valence-corrected chi connectivity index (χ3v) is 13.6. The van der Waals surface area contributed by atoms with E-state index in [9.17, 15) is 0 Å². The van der Waals surface area contributed by atoms with Crippen LogP contribution in [0.2, 0.25) is 0 Å². The molecule has 0 bridgehead atoms. The summed E-state index contributed by atoms with van der Waals surface area (Å²) in [4.78, 5) is 5.94. The number of nitrogens with zero attached hydrogens (tertiary/aromatic N) is 4. The first-order chi connectivity index (χ1) is 27.3. The molecule has 0 saturated heterocycles. The Hall–Kier alpha value is -6.65. The van der Waals surface area contributed by atoms with E-state index in [1.165, 1.54) is 104 Å². The van der Waals surface area contributed by atoms with Gasteiger partial charge in [-0.1, -0.05) is 115 Å². The Morgan fingerprint density at radius 1 is 0.545 bits per heavy atom. The van der Waals surface area contributed by atoms with Crippen molar-refractivity contribution in [1.82, 2.24) is 13.5 Å². The van der Waals surface area contributed by atoms with E-state index >= 15 is 0 Å². The monoisotopic (exact) mass is 702 g/mol. The molecule has 4 heteroatoms. The van der Waals surface area contributed by atoms with Crippen molar-refractivity contribution in [3.05, 3.63) is 173 Å². The van der Waals surface area contributed by atoms with Gasteiger partial charge in [-0.15, -0.1) is 0 Å². The molecule has 1 aliphatic heterocycles. The minimum Gasteiger partial charge on any atom is -0.315 e. The van der Waals surface area contributed by atoms with Crippen molar-refractivity contribution < 1.29 is 0 Å². The van der Waals surface area contributed by atoms with Crippen molar-refractivity contribution in [3.63, 3.8) is 0 Å². The van der Waals surface area contributed by atoms with Crippen molar-refractivity contribution in [3.8, 4) is 11.1 Å². The SMILES string of the molecule is c1ccc2c(c1)CCc1c-2c2cc3c(c4ccccc4n3C34CC3CC(n3c5ccccc5c5ccccc53)=c3ccccc3=N4)c3c4ccccc4n1c23. The molecule has 2 unspecified atom stereocenters. The predicted molar refractivity (Wildman–Crippen MR) is 226 cm³/mol. The van der Waals surface area contributed by atoms with Crippen molar-refractivity contribution in [1.29, 1.82) is 0 Å². The molecule has 2 atom stereocenters. The molecule has 7 aromatic carbocycles. The summed E-state index contributed by atoms with van der Waals surface area (Å²) in [5, 5.41) is 11.7. The van der Waals surface area contributed by atoms with Crippen LogP contribution in [0.1, 0.15) is 24.1 Å². The largest absolute Gasteiger partial charge is 0.315 e. The number of hydrogen-bond donors (Lipinski definition) is 0. The first kappa shape index (κ1) is 28.8. The highest BCUT2D eigenvalue weighted by molar-refractivity contribution is 6.33. The summed E-state index contributed by atoms with van der Waals surface area (Å²) in [5.41, 5.74) is 14.4. The van der Waals surface area contributed by atoms with Crippen LogP contribution in [-0.2, 0) is 18.5 Å². The average molecular weight is 703 g/mol. The van der Waals surface area contributed by atoms with Crippen molar-refractivity contribution in [2.24, 2.45) is 10.9 Å². The van der Waals surface area contributed by atoms with Crippen LogP contribution in [0.15, 0.2) is 157 Å². The second kappa shape index (κ2) is 9.90. The smallest absolute Gasteiger partial charge is 0.140 e. The second-order valence-corrected chi connectivity index (χ2v) is 16.2. The summed E-state index contributed by atoms with van der Waals surface area (Å²) < 4.78 is 7.85. The van der Waals surface area contributed by atoms with Crippen LogP contribution in [0.25, 0.3) is 87.6 Å². The highest BCUT2D eigenvalue weighted by Gasteiger charge is 2.58. The maximum absolute atomic E-state index is 5.94. The summed E-state index contributed by atoms with van der Waals surface area (Å²) in [6, 6.07) is 56.6. The van der Waals surface area contributed by atoms with Gasteiger partial charge >= 0.3 is 0 Å². The van der Waals surface area contributed by atoms with Crippen molar-refractivity contribution >= 4 is 76.5 Å². The lowest BCUT2D eigenvalue weighted by Crippen LogP contribution is -2.30. The van der Waals surface area contributed by atoms with E-state index in [4.69, 9.17) is 4.99 Å². The Kier molecular flexibility index (Phi) is 5.19. The van der Waals surface area contributed by atoms with Crippen molar-refractivity contribution in [2.45, 2.75) is 31.3 Å². The van der Waals surface area contributed by atoms with E-state index in [1.807, 2.05) is 0 Å². The number of fused-ring (bicyclic) bond motifs is 17. The second-order valence-electron chi connectivity index (χ2n) is 16.2. The van der Waals surface area contributed by atoms with Gasteiger partial charge in [0.05, 0.1) is 38.5 Å². The van der Waals surface area contributed by atoms with Crippen molar-refractivity contribution in [2.75, 3.05) is 0 Å². The molecule has 1 saturated carbocycles. The Bertz CT molecular complexity index is 3580. The molecular weight excluding hydrogens is 669 g/mol. The minimum absolute atomic E-state index is 0.338. The van der Waals surface area contributed by atoms with Gasteiger partial charge < -0.3 is 13.5 Å². The Labute approximate surface area is 315 Å². The van der Waals surface area contributed by atoms with Crippen LogP contribution in [0.4, 0.5) is 0 Å². The third-order valence-electron chi connectivity index (χ3n) is 13.6. The molecule has 0 N–H and O–H groups in total. The fourth-order valence-electron chi connectivity index (χ4n) is 11.3. The Balaban J connectivity index is 1.12. The van der Waals surface area contributed by atoms with E-state index in [-0.39, 0.29) is 0 Å². The molecule has 4 nitrogen and oxygen atoms in total. The zero-order valence-corrected chi connectivity index (χ0v) is 30.1. The van der Waals surface area contributed by atoms with Gasteiger partial charge in [0.2, 0.25) is 0 Å². The van der Waals surface area contributed by atoms with E-state index in [2.05, 4.69) is 165 Å². The van der Waals surface area contributed by atoms with Crippen LogP contribution in [0.5, 0.6) is 0 Å². The van der Waals surface area contributed by atoms with Gasteiger partial charge in [-0.05, 0) is 73.2 Å². The first-order valence-corrected chi connectivity index (χ1v) is 19.8. The summed E-state index contributed by atoms with van der Waals surface area (Å²) in [6.07, 6.45) is 4.05. The molecule has 11 aromatic rings. The summed E-state index contributed by atoms with van der Waals surface area (Å²) >= 11 is 0. The number of rotatable bonds is 2. The number of aromatic nitrogens is 3. The lowest BCUT2D eigenvalue weighted by molar-refractivity contribution is 0.474. The van der Waals surface area contributed by atoms with Crippen LogP contribution in [-0.4, -0.2) is 13.5 Å². The van der Waals surface area contributed by atoms with Gasteiger partial charge in [0.1, 0.15) is 5.66 Å². The molecule has 4 aromatic heterocycles. The maximum Gasteiger partial charge on any atom is 0.140 e. The van der Waals surface area contributed by atoms with Crippen LogP contribution in [0, 0.1) is 5.92 Å². The fourth-order valence-corrected chi connectivity index (χ4v) is 11.3. The summed E-state index contributed by atoms with van der Waals surface area (Å²) in [6.45, 7) is 0. The highest BCUT2D eigenvalue weighted by atomic mass is 15.3. The summed E-state index contributed by atoms with van der Waals surface area (Å²) in [7, 11) is 0. The minimum atomic E-state index is -0.406. The van der Waals surface area contributed by atoms with Gasteiger partial charge in [-0.3, -0.25) is 4.99 Å². The van der Waals surface area contributed by atoms with E-state index < -0.39 is 5.66 Å². The molecule has 3 aliphatic rings. The zero-order valence-electron chi connectivity index (χ0n) is 30.1. The van der Waals surface area contributed by atoms with Gasteiger partial charge in [0.15, 0.2) is 0 Å². The normalized spacial score (nSPS) is 19.0. The molecule has 1 fully saturated rings. The van der Waals surface area contributed by atoms with Gasteiger partial charge in [0, 0.05) is 65.8 Å². The quantitative estimate of drug-likeness (QED) is 0.171. The molecule has 2 aliphatic carbocycles. The molecule has 55 heavy (non-hydrogen) atoms. The topological polar surface area (TPSA) is 26.6 Å². The Morgan fingerprint density at radius 3 is 1.98 bits per heavy atom. The number of benzene rings is 7. The van der Waals surface area contributed by atoms with Gasteiger partial charge in [0.25, 0.3) is 0 Å². The van der Waals surface area contributed by atoms with Gasteiger partial charge in [-0.2, -0.15) is 0 Å². The molecule has 0 radical (unpaired) electrons. The summed E-state index contributed by atoms with van der Waals surface area (Å²) in [5.74, 6) is 0.338. The standard InChI is InChI=1S/C51H34N4/c1-2-14-32-30(13-1)25-26-44-47(32)38-28-46-48(49-36-18-6-11-23-42(36)54(44)50(38)49)37-19-7-12-24-43(37)55(46)51-29-31(51)27-45(35-17-3-8-20-39(35)52-51)53-40-21-9-4-15-33(40)34-16-5-10-22-41(34)53/h1-24,28,31H,25-27,29H2. The predicted octanol–water partition coefficient (Wildman–Crippen LogP) is 10.7. The number of aryl methyl sites for hydroxylation is 2. The molecule has 0 amide bonds. The molecule has 14 rings (SSSR count). The van der Waals surface area contributed by atoms with Crippen LogP contribution >= 0.6 is 0 Å². The van der Waals surface area contributed by atoms with E-state index in [0.717, 1.165) is 31.0 Å². The van der Waals surface area contributed by atoms with Crippen LogP contribution in [0.3, 0.4) is 0 Å². The molecule has 0 spiro atoms. The first-order valence-electron chi connectivity index (χ1n) is 19.8. The lowest BCUT2D eigenvalue weighted by Gasteiger charge is -2.19. The van der Waals surface area contributed by atoms with Crippen LogP contribution < -0.4 is 10.6 Å². The zero-order chi connectivity index (χ0) is 35.6. The molecule has 258 valence electrons. The fraction of sp³-hybridized carbons (Fsp3) is 0.118. The maximum atomic E-state index is 5.94.